The zero-order valence-electron chi connectivity index (χ0n) is 10.2. The molecule has 0 radical (unpaired) electrons. The maximum atomic E-state index is 13.7. The average molecular weight is 272 g/mol. The Bertz CT molecular complexity index is 463. The van der Waals surface area contributed by atoms with E-state index in [1.807, 2.05) is 0 Å². The van der Waals surface area contributed by atoms with Gasteiger partial charge < -0.3 is 20.6 Å². The van der Waals surface area contributed by atoms with E-state index in [0.717, 1.165) is 0 Å². The molecule has 0 spiro atoms. The molecule has 3 unspecified atom stereocenters. The zero-order valence-corrected chi connectivity index (χ0v) is 10.2. The molecule has 2 heterocycles. The Labute approximate surface area is 108 Å². The van der Waals surface area contributed by atoms with Crippen molar-refractivity contribution in [1.29, 1.82) is 0 Å². The van der Waals surface area contributed by atoms with Crippen molar-refractivity contribution < 1.29 is 14.2 Å². The van der Waals surface area contributed by atoms with Crippen LogP contribution < -0.4 is 17.2 Å². The Balaban J connectivity index is 2.13. The van der Waals surface area contributed by atoms with Crippen LogP contribution in [0.25, 0.3) is 0 Å². The molecule has 0 saturated carbocycles. The van der Waals surface area contributed by atoms with Crippen molar-refractivity contribution in [2.45, 2.75) is 31.1 Å². The maximum Gasteiger partial charge on any atom is 0.172 e. The van der Waals surface area contributed by atoms with Gasteiger partial charge in [-0.25, -0.2) is 14.4 Å². The van der Waals surface area contributed by atoms with Gasteiger partial charge in [0.05, 0.1) is 24.6 Å². The second kappa shape index (κ2) is 5.61. The molecular formula is C10H17FN6O2. The zero-order chi connectivity index (χ0) is 14.0. The number of H-pyrrole nitrogens is 1. The van der Waals surface area contributed by atoms with Crippen LogP contribution in [0.2, 0.25) is 0 Å². The molecule has 1 aromatic rings. The number of aromatic amines is 1. The van der Waals surface area contributed by atoms with Crippen molar-refractivity contribution in [3.63, 3.8) is 0 Å². The lowest BCUT2D eigenvalue weighted by Crippen LogP contribution is -2.31. The lowest BCUT2D eigenvalue weighted by molar-refractivity contribution is -0.00105. The quantitative estimate of drug-likeness (QED) is 0.255. The van der Waals surface area contributed by atoms with E-state index >= 15 is 0 Å². The summed E-state index contributed by atoms with van der Waals surface area (Å²) >= 11 is 0. The summed E-state index contributed by atoms with van der Waals surface area (Å²) in [6.45, 7) is -0.219. The number of aliphatic imine (C=N–C) groups is 1. The normalized spacial score (nSPS) is 28.3. The number of aromatic nitrogens is 2. The molecule has 1 aliphatic heterocycles. The number of rotatable bonds is 4. The molecule has 19 heavy (non-hydrogen) atoms. The molecule has 3 atom stereocenters. The molecule has 9 heteroatoms. The summed E-state index contributed by atoms with van der Waals surface area (Å²) in [6.07, 6.45) is -1.89. The number of hydrogen-bond donors (Lipinski definition) is 5. The van der Waals surface area contributed by atoms with Crippen molar-refractivity contribution in [2.24, 2.45) is 22.2 Å². The third-order valence-electron chi connectivity index (χ3n) is 2.79. The van der Waals surface area contributed by atoms with Crippen molar-refractivity contribution in [1.82, 2.24) is 9.97 Å². The molecule has 0 aromatic carbocycles. The summed E-state index contributed by atoms with van der Waals surface area (Å²) in [4.78, 5) is 10.5. The summed E-state index contributed by atoms with van der Waals surface area (Å²) in [5.41, 5.74) is 16.6. The van der Waals surface area contributed by atoms with Crippen LogP contribution in [0.3, 0.4) is 0 Å². The van der Waals surface area contributed by atoms with Gasteiger partial charge in [-0.1, -0.05) is 0 Å². The molecule has 106 valence electrons. The Morgan fingerprint density at radius 1 is 1.68 bits per heavy atom. The van der Waals surface area contributed by atoms with Gasteiger partial charge in [-0.3, -0.25) is 11.5 Å². The van der Waals surface area contributed by atoms with Crippen LogP contribution in [0.1, 0.15) is 24.0 Å². The third kappa shape index (κ3) is 3.07. The number of nitrogens with zero attached hydrogens (tertiary/aromatic N) is 2. The van der Waals surface area contributed by atoms with Gasteiger partial charge in [0.15, 0.2) is 17.9 Å². The van der Waals surface area contributed by atoms with Gasteiger partial charge >= 0.3 is 0 Å². The van der Waals surface area contributed by atoms with E-state index in [1.165, 1.54) is 6.20 Å². The molecule has 8 nitrogen and oxygen atoms in total. The molecule has 1 fully saturated rings. The van der Waals surface area contributed by atoms with Crippen LogP contribution in [0.4, 0.5) is 4.39 Å². The fourth-order valence-corrected chi connectivity index (χ4v) is 1.94. The summed E-state index contributed by atoms with van der Waals surface area (Å²) in [7, 11) is 0. The van der Waals surface area contributed by atoms with Crippen LogP contribution in [0, 0.1) is 0 Å². The summed E-state index contributed by atoms with van der Waals surface area (Å²) in [5.74, 6) is 0.285. The lowest BCUT2D eigenvalue weighted by Gasteiger charge is -2.10. The largest absolute Gasteiger partial charge is 0.394 e. The fraction of sp³-hybridized carbons (Fsp3) is 0.600. The highest BCUT2D eigenvalue weighted by atomic mass is 19.1. The van der Waals surface area contributed by atoms with Gasteiger partial charge in [0.25, 0.3) is 0 Å². The lowest BCUT2D eigenvalue weighted by atomic mass is 10.1. The van der Waals surface area contributed by atoms with E-state index in [0.29, 0.717) is 5.69 Å². The number of alkyl halides is 1. The molecule has 1 saturated heterocycles. The fourth-order valence-electron chi connectivity index (χ4n) is 1.94. The molecule has 0 amide bonds. The first-order valence-electron chi connectivity index (χ1n) is 5.81. The van der Waals surface area contributed by atoms with Gasteiger partial charge in [-0.05, 0) is 0 Å². The minimum atomic E-state index is -1.21. The van der Waals surface area contributed by atoms with E-state index in [4.69, 9.17) is 27.0 Å². The van der Waals surface area contributed by atoms with Crippen LogP contribution in [0.5, 0.6) is 0 Å². The standard InChI is InChI=1S/C10H17FN6O2/c11-5-1-4(3-18)19-7(5)6-2-15-9(16-6)8(12)17-10(13)14/h2,4-5,7,10,18H,1,3,13-14H2,(H2,12,17)(H,15,16). The number of aliphatic hydroxyl groups is 1. The SMILES string of the molecule is NC(=NC(N)N)c1ncc(C2OC(CO)CC2F)[nH]1. The molecular weight excluding hydrogens is 255 g/mol. The highest BCUT2D eigenvalue weighted by Crippen LogP contribution is 2.34. The number of nitrogens with two attached hydrogens (primary N) is 3. The Morgan fingerprint density at radius 2 is 2.42 bits per heavy atom. The maximum absolute atomic E-state index is 13.7. The van der Waals surface area contributed by atoms with Gasteiger partial charge in [0.1, 0.15) is 12.3 Å². The van der Waals surface area contributed by atoms with Crippen molar-refractivity contribution in [3.05, 3.63) is 17.7 Å². The number of imidazole rings is 1. The number of aliphatic hydroxyl groups excluding tert-OH is 1. The second-order valence-electron chi connectivity index (χ2n) is 4.31. The summed E-state index contributed by atoms with van der Waals surface area (Å²) < 4.78 is 19.1. The number of amidine groups is 1. The predicted molar refractivity (Wildman–Crippen MR) is 65.7 cm³/mol. The molecule has 2 rings (SSSR count). The van der Waals surface area contributed by atoms with E-state index in [1.54, 1.807) is 0 Å². The minimum absolute atomic E-state index is 0.0355. The number of halogens is 1. The average Bonchev–Trinajstić information content (AvgIpc) is 2.94. The molecule has 0 aliphatic carbocycles. The summed E-state index contributed by atoms with van der Waals surface area (Å²) in [6, 6.07) is 0. The van der Waals surface area contributed by atoms with Gasteiger partial charge in [-0.2, -0.15) is 0 Å². The Kier molecular flexibility index (Phi) is 4.10. The molecule has 1 aliphatic rings. The van der Waals surface area contributed by atoms with Crippen molar-refractivity contribution >= 4 is 5.84 Å². The number of nitrogens with one attached hydrogen (secondary N) is 1. The van der Waals surface area contributed by atoms with E-state index in [-0.39, 0.29) is 24.7 Å². The van der Waals surface area contributed by atoms with Crippen LogP contribution in [-0.4, -0.2) is 46.1 Å². The second-order valence-corrected chi connectivity index (χ2v) is 4.31. The van der Waals surface area contributed by atoms with Gasteiger partial charge in [0.2, 0.25) is 0 Å². The van der Waals surface area contributed by atoms with Crippen LogP contribution in [-0.2, 0) is 4.74 Å². The number of hydrogen-bond acceptors (Lipinski definition) is 6. The summed E-state index contributed by atoms with van der Waals surface area (Å²) in [5, 5.41) is 8.96. The third-order valence-corrected chi connectivity index (χ3v) is 2.79. The Morgan fingerprint density at radius 3 is 3.00 bits per heavy atom. The van der Waals surface area contributed by atoms with Gasteiger partial charge in [-0.15, -0.1) is 0 Å². The van der Waals surface area contributed by atoms with E-state index < -0.39 is 24.7 Å². The highest BCUT2D eigenvalue weighted by Gasteiger charge is 2.37. The first-order chi connectivity index (χ1) is 9.01. The molecule has 0 bridgehead atoms. The minimum Gasteiger partial charge on any atom is -0.394 e. The monoisotopic (exact) mass is 272 g/mol. The van der Waals surface area contributed by atoms with Crippen LogP contribution >= 0.6 is 0 Å². The molecule has 1 aromatic heterocycles. The topological polar surface area (TPSA) is 149 Å². The first kappa shape index (κ1) is 13.9. The van der Waals surface area contributed by atoms with Gasteiger partial charge in [0, 0.05) is 6.42 Å². The highest BCUT2D eigenvalue weighted by molar-refractivity contribution is 5.94. The van der Waals surface area contributed by atoms with Crippen molar-refractivity contribution in [2.75, 3.05) is 6.61 Å². The number of ether oxygens (including phenoxy) is 1. The predicted octanol–water partition coefficient (Wildman–Crippen LogP) is -1.52. The van der Waals surface area contributed by atoms with Crippen molar-refractivity contribution in [3.8, 4) is 0 Å². The molecule has 8 N–H and O–H groups in total. The smallest absolute Gasteiger partial charge is 0.172 e. The Hall–Kier alpha value is -1.55. The first-order valence-corrected chi connectivity index (χ1v) is 5.81. The van der Waals surface area contributed by atoms with E-state index in [9.17, 15) is 4.39 Å². The van der Waals surface area contributed by atoms with Crippen LogP contribution in [0.15, 0.2) is 11.2 Å². The van der Waals surface area contributed by atoms with E-state index in [2.05, 4.69) is 15.0 Å².